The van der Waals surface area contributed by atoms with Crippen LogP contribution < -0.4 is 5.32 Å². The smallest absolute Gasteiger partial charge is 0.328 e. The zero-order chi connectivity index (χ0) is 13.3. The lowest BCUT2D eigenvalue weighted by molar-refractivity contribution is -0.153. The van der Waals surface area contributed by atoms with Crippen LogP contribution in [-0.4, -0.2) is 38.4 Å². The molecule has 0 radical (unpaired) electrons. The minimum absolute atomic E-state index is 0.259. The third kappa shape index (κ3) is 6.03. The van der Waals surface area contributed by atoms with Crippen LogP contribution in [0.4, 0.5) is 0 Å². The summed E-state index contributed by atoms with van der Waals surface area (Å²) in [5, 5.41) is 2.97. The van der Waals surface area contributed by atoms with Crippen LogP contribution in [0.3, 0.4) is 0 Å². The number of carbonyl (C=O) groups is 1. The molecule has 0 aliphatic heterocycles. The Hall–Kier alpha value is -0.610. The van der Waals surface area contributed by atoms with Gasteiger partial charge in [0.1, 0.15) is 5.54 Å². The summed E-state index contributed by atoms with van der Waals surface area (Å²) in [5.74, 6) is 0.272. The number of hydrogen-bond donors (Lipinski definition) is 1. The molecule has 0 rings (SSSR count). The summed E-state index contributed by atoms with van der Waals surface area (Å²) in [6, 6.07) is 0. The quantitative estimate of drug-likeness (QED) is 0.631. The molecule has 0 fully saturated rings. The molecule has 0 aromatic carbocycles. The standard InChI is InChI=1S/C13H27NO3/c1-6-8-11(3)9-16-10-13(4,14-5)12(15)17-7-2/h11,14H,6-10H2,1-5H3. The molecule has 2 unspecified atom stereocenters. The Kier molecular flexibility index (Phi) is 8.17. The van der Waals surface area contributed by atoms with Crippen molar-refractivity contribution in [1.82, 2.24) is 5.32 Å². The van der Waals surface area contributed by atoms with Crippen molar-refractivity contribution >= 4 is 5.97 Å². The molecular weight excluding hydrogens is 218 g/mol. The zero-order valence-electron chi connectivity index (χ0n) is 11.8. The minimum atomic E-state index is -0.748. The Morgan fingerprint density at radius 1 is 1.41 bits per heavy atom. The van der Waals surface area contributed by atoms with Crippen molar-refractivity contribution in [3.8, 4) is 0 Å². The van der Waals surface area contributed by atoms with Gasteiger partial charge in [-0.25, -0.2) is 4.79 Å². The van der Waals surface area contributed by atoms with Gasteiger partial charge < -0.3 is 14.8 Å². The summed E-state index contributed by atoms with van der Waals surface area (Å²) in [5.41, 5.74) is -0.748. The van der Waals surface area contributed by atoms with Gasteiger partial charge >= 0.3 is 5.97 Å². The number of ether oxygens (including phenoxy) is 2. The molecule has 2 atom stereocenters. The van der Waals surface area contributed by atoms with Crippen molar-refractivity contribution in [2.24, 2.45) is 5.92 Å². The molecule has 1 N–H and O–H groups in total. The van der Waals surface area contributed by atoms with Gasteiger partial charge in [-0.3, -0.25) is 0 Å². The van der Waals surface area contributed by atoms with Crippen LogP contribution in [0.2, 0.25) is 0 Å². The molecule has 0 aliphatic rings. The topological polar surface area (TPSA) is 47.6 Å². The highest BCUT2D eigenvalue weighted by Crippen LogP contribution is 2.10. The van der Waals surface area contributed by atoms with Gasteiger partial charge in [-0.2, -0.15) is 0 Å². The average molecular weight is 245 g/mol. The first-order chi connectivity index (χ1) is 8.00. The molecule has 0 spiro atoms. The molecule has 4 nitrogen and oxygen atoms in total. The first kappa shape index (κ1) is 16.4. The van der Waals surface area contributed by atoms with E-state index in [1.807, 2.05) is 0 Å². The fourth-order valence-electron chi connectivity index (χ4n) is 1.56. The summed E-state index contributed by atoms with van der Waals surface area (Å²) in [6.45, 7) is 9.34. The number of rotatable bonds is 9. The maximum atomic E-state index is 11.7. The van der Waals surface area contributed by atoms with Crippen LogP contribution in [0.5, 0.6) is 0 Å². The lowest BCUT2D eigenvalue weighted by Gasteiger charge is -2.27. The third-order valence-electron chi connectivity index (χ3n) is 2.85. The number of esters is 1. The second-order valence-corrected chi connectivity index (χ2v) is 4.71. The monoisotopic (exact) mass is 245 g/mol. The van der Waals surface area contributed by atoms with Crippen LogP contribution in [0.15, 0.2) is 0 Å². The molecule has 0 saturated heterocycles. The Morgan fingerprint density at radius 3 is 2.53 bits per heavy atom. The van der Waals surface area contributed by atoms with Gasteiger partial charge in [-0.15, -0.1) is 0 Å². The van der Waals surface area contributed by atoms with Crippen LogP contribution in [-0.2, 0) is 14.3 Å². The van der Waals surface area contributed by atoms with Gasteiger partial charge in [0.25, 0.3) is 0 Å². The van der Waals surface area contributed by atoms with Crippen molar-refractivity contribution < 1.29 is 14.3 Å². The normalized spacial score (nSPS) is 16.3. The number of nitrogens with one attached hydrogen (secondary N) is 1. The van der Waals surface area contributed by atoms with Gasteiger partial charge in [0, 0.05) is 6.61 Å². The molecule has 0 bridgehead atoms. The maximum absolute atomic E-state index is 11.7. The van der Waals surface area contributed by atoms with Gasteiger partial charge in [-0.1, -0.05) is 20.3 Å². The minimum Gasteiger partial charge on any atom is -0.465 e. The SMILES string of the molecule is CCCC(C)COCC(C)(NC)C(=O)OCC. The first-order valence-corrected chi connectivity index (χ1v) is 6.44. The highest BCUT2D eigenvalue weighted by Gasteiger charge is 2.33. The molecule has 0 aliphatic carbocycles. The molecule has 17 heavy (non-hydrogen) atoms. The third-order valence-corrected chi connectivity index (χ3v) is 2.85. The summed E-state index contributed by atoms with van der Waals surface area (Å²) >= 11 is 0. The average Bonchev–Trinajstić information content (AvgIpc) is 2.29. The van der Waals surface area contributed by atoms with Crippen molar-refractivity contribution in [1.29, 1.82) is 0 Å². The number of likely N-dealkylation sites (N-methyl/N-ethyl adjacent to an activating group) is 1. The largest absolute Gasteiger partial charge is 0.465 e. The lowest BCUT2D eigenvalue weighted by atomic mass is 10.0. The predicted octanol–water partition coefficient (Wildman–Crippen LogP) is 1.98. The molecule has 102 valence electrons. The molecule has 0 saturated carbocycles. The van der Waals surface area contributed by atoms with Crippen LogP contribution in [0, 0.1) is 5.92 Å². The highest BCUT2D eigenvalue weighted by molar-refractivity contribution is 5.80. The summed E-state index contributed by atoms with van der Waals surface area (Å²) in [7, 11) is 1.75. The van der Waals surface area contributed by atoms with E-state index in [1.54, 1.807) is 20.9 Å². The van der Waals surface area contributed by atoms with Crippen molar-refractivity contribution in [3.63, 3.8) is 0 Å². The van der Waals surface area contributed by atoms with Gasteiger partial charge in [0.2, 0.25) is 0 Å². The molecule has 0 heterocycles. The van der Waals surface area contributed by atoms with Crippen molar-refractivity contribution in [2.45, 2.75) is 46.1 Å². The first-order valence-electron chi connectivity index (χ1n) is 6.44. The summed E-state index contributed by atoms with van der Waals surface area (Å²) in [6.07, 6.45) is 2.31. The van der Waals surface area contributed by atoms with Crippen molar-refractivity contribution in [2.75, 3.05) is 26.9 Å². The van der Waals surface area contributed by atoms with Gasteiger partial charge in [0.15, 0.2) is 0 Å². The van der Waals surface area contributed by atoms with E-state index >= 15 is 0 Å². The van der Waals surface area contributed by atoms with E-state index in [-0.39, 0.29) is 5.97 Å². The van der Waals surface area contributed by atoms with E-state index in [1.165, 1.54) is 0 Å². The maximum Gasteiger partial charge on any atom is 0.328 e. The number of hydrogen-bond acceptors (Lipinski definition) is 4. The molecular formula is C13H27NO3. The Bertz CT molecular complexity index is 221. The van der Waals surface area contributed by atoms with E-state index < -0.39 is 5.54 Å². The summed E-state index contributed by atoms with van der Waals surface area (Å²) in [4.78, 5) is 11.7. The van der Waals surface area contributed by atoms with Crippen LogP contribution in [0.1, 0.15) is 40.5 Å². The summed E-state index contributed by atoms with van der Waals surface area (Å²) < 4.78 is 10.6. The van der Waals surface area contributed by atoms with E-state index in [9.17, 15) is 4.79 Å². The van der Waals surface area contributed by atoms with E-state index in [0.717, 1.165) is 12.8 Å². The van der Waals surface area contributed by atoms with Crippen LogP contribution >= 0.6 is 0 Å². The highest BCUT2D eigenvalue weighted by atomic mass is 16.5. The molecule has 0 aromatic heterocycles. The fourth-order valence-corrected chi connectivity index (χ4v) is 1.56. The molecule has 0 aromatic rings. The Labute approximate surface area is 105 Å². The van der Waals surface area contributed by atoms with E-state index in [2.05, 4.69) is 19.2 Å². The second kappa shape index (κ2) is 8.48. The molecule has 0 amide bonds. The van der Waals surface area contributed by atoms with Gasteiger partial charge in [-0.05, 0) is 33.2 Å². The number of carbonyl (C=O) groups excluding carboxylic acids is 1. The van der Waals surface area contributed by atoms with E-state index in [0.29, 0.717) is 25.7 Å². The molecule has 4 heteroatoms. The van der Waals surface area contributed by atoms with Crippen molar-refractivity contribution in [3.05, 3.63) is 0 Å². The Balaban J connectivity index is 4.07. The lowest BCUT2D eigenvalue weighted by Crippen LogP contribution is -2.52. The fraction of sp³-hybridized carbons (Fsp3) is 0.923. The van der Waals surface area contributed by atoms with Crippen LogP contribution in [0.25, 0.3) is 0 Å². The Morgan fingerprint density at radius 2 is 2.06 bits per heavy atom. The zero-order valence-corrected chi connectivity index (χ0v) is 11.8. The van der Waals surface area contributed by atoms with E-state index in [4.69, 9.17) is 9.47 Å². The second-order valence-electron chi connectivity index (χ2n) is 4.71. The van der Waals surface area contributed by atoms with Gasteiger partial charge in [0.05, 0.1) is 13.2 Å². The predicted molar refractivity (Wildman–Crippen MR) is 69.0 cm³/mol.